The Kier molecular flexibility index (Phi) is 15.6. The molecule has 0 aliphatic rings. The van der Waals surface area contributed by atoms with Crippen LogP contribution in [-0.4, -0.2) is 85.8 Å². The minimum absolute atomic E-state index is 0. The van der Waals surface area contributed by atoms with E-state index in [-0.39, 0.29) is 53.4 Å². The molecule has 8 heteroatoms. The van der Waals surface area contributed by atoms with Crippen LogP contribution in [0, 0.1) is 0 Å². The molecule has 0 bridgehead atoms. The van der Waals surface area contributed by atoms with Crippen LogP contribution in [0.4, 0.5) is 0 Å². The highest BCUT2D eigenvalue weighted by Gasteiger charge is 2.33. The van der Waals surface area contributed by atoms with E-state index in [1.54, 1.807) is 60.7 Å². The van der Waals surface area contributed by atoms with E-state index in [0.717, 1.165) is 8.97 Å². The Labute approximate surface area is 273 Å². The summed E-state index contributed by atoms with van der Waals surface area (Å²) >= 11 is 0. The van der Waals surface area contributed by atoms with Gasteiger partial charge in [-0.1, -0.05) is 121 Å². The van der Waals surface area contributed by atoms with Gasteiger partial charge >= 0.3 is 0 Å². The van der Waals surface area contributed by atoms with Gasteiger partial charge in [-0.2, -0.15) is 0 Å². The van der Waals surface area contributed by atoms with Gasteiger partial charge in [0, 0.05) is 11.1 Å². The lowest BCUT2D eigenvalue weighted by Gasteiger charge is -2.33. The number of quaternary nitrogens is 2. The molecule has 0 fully saturated rings. The lowest BCUT2D eigenvalue weighted by molar-refractivity contribution is -0.902. The maximum absolute atomic E-state index is 11.3. The summed E-state index contributed by atoms with van der Waals surface area (Å²) in [7, 11) is 12.5. The molecule has 0 aliphatic carbocycles. The van der Waals surface area contributed by atoms with Crippen molar-refractivity contribution in [1.29, 1.82) is 0 Å². The van der Waals surface area contributed by atoms with Gasteiger partial charge in [-0.15, -0.1) is 0 Å². The third-order valence-corrected chi connectivity index (χ3v) is 7.26. The Morgan fingerprint density at radius 1 is 0.591 bits per heavy atom. The molecule has 238 valence electrons. The first-order valence-electron chi connectivity index (χ1n) is 14.3. The quantitative estimate of drug-likeness (QED) is 0.227. The van der Waals surface area contributed by atoms with E-state index in [2.05, 4.69) is 66.6 Å². The van der Waals surface area contributed by atoms with Crippen molar-refractivity contribution in [2.24, 2.45) is 0 Å². The average molecular weight is 668 g/mol. The van der Waals surface area contributed by atoms with Gasteiger partial charge in [0.1, 0.15) is 12.1 Å². The van der Waals surface area contributed by atoms with Gasteiger partial charge in [-0.25, -0.2) is 0 Å². The Hall–Kier alpha value is -3.37. The van der Waals surface area contributed by atoms with Crippen molar-refractivity contribution < 1.29 is 51.2 Å². The summed E-state index contributed by atoms with van der Waals surface area (Å²) in [5.74, 6) is -1.53. The molecule has 0 heterocycles. The van der Waals surface area contributed by atoms with Crippen LogP contribution in [0.15, 0.2) is 121 Å². The number of hydrogen-bond donors (Lipinski definition) is 3. The molecule has 0 saturated carbocycles. The number of carbonyl (C=O) groups excluding carboxylic acids is 1. The fourth-order valence-corrected chi connectivity index (χ4v) is 4.71. The van der Waals surface area contributed by atoms with Crippen LogP contribution >= 0.6 is 0 Å². The van der Waals surface area contributed by atoms with Crippen molar-refractivity contribution in [1.82, 2.24) is 0 Å². The summed E-state index contributed by atoms with van der Waals surface area (Å²) in [5, 5.41) is 40.2. The van der Waals surface area contributed by atoms with E-state index in [4.69, 9.17) is 0 Å². The van der Waals surface area contributed by atoms with Crippen LogP contribution in [0.5, 0.6) is 0 Å². The summed E-state index contributed by atoms with van der Waals surface area (Å²) < 4.78 is 1.50. The minimum Gasteiger partial charge on any atom is -1.00 e. The highest BCUT2D eigenvalue weighted by atomic mass is 79.9. The van der Waals surface area contributed by atoms with Crippen LogP contribution in [-0.2, 0) is 10.4 Å². The van der Waals surface area contributed by atoms with E-state index < -0.39 is 11.6 Å². The fourth-order valence-electron chi connectivity index (χ4n) is 4.71. The first-order chi connectivity index (χ1) is 20.3. The van der Waals surface area contributed by atoms with Crippen molar-refractivity contribution in [3.05, 3.63) is 144 Å². The molecule has 0 spiro atoms. The summed E-state index contributed by atoms with van der Waals surface area (Å²) in [6.45, 7) is 0.376. The monoisotopic (exact) mass is 666 g/mol. The zero-order valence-electron chi connectivity index (χ0n) is 26.5. The van der Waals surface area contributed by atoms with E-state index in [1.165, 1.54) is 11.1 Å². The summed E-state index contributed by atoms with van der Waals surface area (Å²) in [4.78, 5) is 11.3. The first kappa shape index (κ1) is 38.7. The molecule has 2 atom stereocenters. The summed E-state index contributed by atoms with van der Waals surface area (Å²) in [5.41, 5.74) is 0.843. The molecule has 7 nitrogen and oxygen atoms in total. The number of halogens is 1. The lowest BCUT2D eigenvalue weighted by Crippen LogP contribution is -3.00. The zero-order valence-corrected chi connectivity index (χ0v) is 28.1. The molecule has 0 aliphatic heterocycles. The number of nitrogens with zero attached hydrogens (tertiary/aromatic N) is 2. The topological polar surface area (TPSA) is 101 Å². The van der Waals surface area contributed by atoms with E-state index >= 15 is 0 Å². The number of aliphatic hydroxyl groups is 3. The molecule has 0 saturated heterocycles. The summed E-state index contributed by atoms with van der Waals surface area (Å²) in [6, 6.07) is 37.0. The number of benzene rings is 4. The SMILES string of the molecule is C[N+](C)(C)C(CO)c1ccccc1.C[N+](C)(C)C(CO)c1ccccc1.O=C([O-])C(O)(c1ccccc1)c1ccccc1.[Br-]. The number of carbonyl (C=O) groups is 1. The second-order valence-electron chi connectivity index (χ2n) is 12.2. The maximum atomic E-state index is 11.3. The number of carboxylic acids is 1. The Morgan fingerprint density at radius 2 is 0.841 bits per heavy atom. The molecular formula is C36H47BrN2O5. The largest absolute Gasteiger partial charge is 1.00 e. The van der Waals surface area contributed by atoms with Crippen LogP contribution in [0.2, 0.25) is 0 Å². The second kappa shape index (κ2) is 17.8. The van der Waals surface area contributed by atoms with Gasteiger partial charge in [0.05, 0.1) is 61.5 Å². The smallest absolute Gasteiger partial charge is 0.154 e. The maximum Gasteiger partial charge on any atom is 0.154 e. The van der Waals surface area contributed by atoms with Crippen molar-refractivity contribution >= 4 is 5.97 Å². The summed E-state index contributed by atoms with van der Waals surface area (Å²) in [6.07, 6.45) is 0. The standard InChI is InChI=1S/C14H12O3.2C11H18NO.BrH/c15-13(16)14(17,11-7-3-1-4-8-11)12-9-5-2-6-10-12;2*1-12(2,3)11(9-13)10-7-5-4-6-8-10;/h1-10,17H,(H,15,16);2*4-8,11,13H,9H2,1-3H3;1H/q;2*+1;/p-2. The molecule has 0 radical (unpaired) electrons. The molecule has 44 heavy (non-hydrogen) atoms. The van der Waals surface area contributed by atoms with Crippen molar-refractivity contribution in [3.8, 4) is 0 Å². The van der Waals surface area contributed by atoms with E-state index in [1.807, 2.05) is 36.4 Å². The van der Waals surface area contributed by atoms with Crippen LogP contribution in [0.25, 0.3) is 0 Å². The van der Waals surface area contributed by atoms with Gasteiger partial charge in [-0.05, 0) is 11.1 Å². The minimum atomic E-state index is -2.11. The highest BCUT2D eigenvalue weighted by molar-refractivity contribution is 5.81. The number of carboxylic acid groups (broad SMARTS) is 1. The predicted molar refractivity (Wildman–Crippen MR) is 169 cm³/mol. The number of aliphatic carboxylic acids is 1. The van der Waals surface area contributed by atoms with Gasteiger partial charge in [0.15, 0.2) is 5.60 Å². The van der Waals surface area contributed by atoms with Gasteiger partial charge in [0.2, 0.25) is 0 Å². The first-order valence-corrected chi connectivity index (χ1v) is 14.3. The van der Waals surface area contributed by atoms with Gasteiger partial charge in [0.25, 0.3) is 0 Å². The zero-order chi connectivity index (χ0) is 32.1. The molecule has 0 aromatic heterocycles. The molecule has 4 aromatic rings. The van der Waals surface area contributed by atoms with E-state index in [0.29, 0.717) is 0 Å². The molecule has 0 amide bonds. The fraction of sp³-hybridized carbons (Fsp3) is 0.306. The van der Waals surface area contributed by atoms with Crippen molar-refractivity contribution in [2.45, 2.75) is 17.7 Å². The van der Waals surface area contributed by atoms with E-state index in [9.17, 15) is 25.2 Å². The van der Waals surface area contributed by atoms with Crippen molar-refractivity contribution in [2.75, 3.05) is 55.5 Å². The Bertz CT molecular complexity index is 1250. The van der Waals surface area contributed by atoms with Gasteiger partial charge in [-0.3, -0.25) is 0 Å². The molecule has 4 rings (SSSR count). The predicted octanol–water partition coefficient (Wildman–Crippen LogP) is 0.529. The number of likely N-dealkylation sites (N-methyl/N-ethyl adjacent to an activating group) is 2. The number of hydrogen-bond acceptors (Lipinski definition) is 5. The Morgan fingerprint density at radius 3 is 1.05 bits per heavy atom. The molecule has 3 N–H and O–H groups in total. The Balaban J connectivity index is 0.000000331. The van der Waals surface area contributed by atoms with Crippen LogP contribution < -0.4 is 22.1 Å². The number of rotatable bonds is 9. The third-order valence-electron chi connectivity index (χ3n) is 7.26. The molecule has 2 unspecified atom stereocenters. The molecule has 4 aromatic carbocycles. The highest BCUT2D eigenvalue weighted by Crippen LogP contribution is 2.29. The second-order valence-corrected chi connectivity index (χ2v) is 12.2. The van der Waals surface area contributed by atoms with Crippen LogP contribution in [0.3, 0.4) is 0 Å². The molecular weight excluding hydrogens is 620 g/mol. The normalized spacial score (nSPS) is 12.7. The van der Waals surface area contributed by atoms with Gasteiger partial charge < -0.3 is 51.2 Å². The van der Waals surface area contributed by atoms with Crippen LogP contribution in [0.1, 0.15) is 34.3 Å². The van der Waals surface area contributed by atoms with Crippen molar-refractivity contribution in [3.63, 3.8) is 0 Å². The third kappa shape index (κ3) is 11.0. The number of aliphatic hydroxyl groups excluding tert-OH is 2. The lowest BCUT2D eigenvalue weighted by atomic mass is 9.86. The average Bonchev–Trinajstić information content (AvgIpc) is 2.98.